The molecule has 0 aromatic rings. The predicted molar refractivity (Wildman–Crippen MR) is 87.2 cm³/mol. The molecule has 1 aliphatic heterocycles. The van der Waals surface area contributed by atoms with Crippen LogP contribution in [0.3, 0.4) is 0 Å². The van der Waals surface area contributed by atoms with Crippen molar-refractivity contribution in [3.63, 3.8) is 0 Å². The number of hydrogen-bond acceptors (Lipinski definition) is 3. The van der Waals surface area contributed by atoms with Gasteiger partial charge < -0.3 is 15.0 Å². The highest BCUT2D eigenvalue weighted by Gasteiger charge is 2.28. The summed E-state index contributed by atoms with van der Waals surface area (Å²) in [4.78, 5) is 2.40. The fraction of sp³-hybridized carbons (Fsp3) is 1.00. The van der Waals surface area contributed by atoms with E-state index in [1.54, 1.807) is 0 Å². The van der Waals surface area contributed by atoms with Gasteiger partial charge in [-0.1, -0.05) is 46.5 Å². The van der Waals surface area contributed by atoms with Crippen LogP contribution in [0.5, 0.6) is 0 Å². The van der Waals surface area contributed by atoms with Crippen LogP contribution in [0.2, 0.25) is 0 Å². The molecule has 0 bridgehead atoms. The van der Waals surface area contributed by atoms with Crippen molar-refractivity contribution < 1.29 is 4.74 Å². The molecule has 1 N–H and O–H groups in total. The summed E-state index contributed by atoms with van der Waals surface area (Å²) < 4.78 is 6.05. The average Bonchev–Trinajstić information content (AvgIpc) is 2.46. The van der Waals surface area contributed by atoms with E-state index in [1.807, 2.05) is 0 Å². The van der Waals surface area contributed by atoms with Crippen LogP contribution in [-0.4, -0.2) is 50.3 Å². The molecule has 0 radical (unpaired) electrons. The molecule has 3 unspecified atom stereocenters. The van der Waals surface area contributed by atoms with Gasteiger partial charge in [0.05, 0.1) is 12.7 Å². The molecule has 1 rings (SSSR count). The molecule has 1 fully saturated rings. The molecule has 0 aromatic carbocycles. The molecule has 0 amide bonds. The minimum Gasteiger partial charge on any atom is -0.374 e. The molecule has 0 saturated carbocycles. The number of unbranched alkanes of at least 4 members (excludes halogenated alkanes) is 1. The summed E-state index contributed by atoms with van der Waals surface area (Å²) in [5.41, 5.74) is 0. The number of hydrogen-bond donors (Lipinski definition) is 1. The third-order valence-electron chi connectivity index (χ3n) is 4.53. The number of ether oxygens (including phenoxy) is 1. The van der Waals surface area contributed by atoms with Crippen LogP contribution >= 0.6 is 0 Å². The number of nitrogens with one attached hydrogen (secondary N) is 1. The fourth-order valence-corrected chi connectivity index (χ4v) is 3.09. The molecule has 3 heteroatoms. The van der Waals surface area contributed by atoms with Crippen LogP contribution in [0, 0.1) is 5.92 Å². The second kappa shape index (κ2) is 10.6. The highest BCUT2D eigenvalue weighted by atomic mass is 16.5. The van der Waals surface area contributed by atoms with Gasteiger partial charge in [0.2, 0.25) is 0 Å². The lowest BCUT2D eigenvalue weighted by atomic mass is 9.89. The maximum absolute atomic E-state index is 6.05. The highest BCUT2D eigenvalue weighted by Crippen LogP contribution is 2.22. The molecule has 1 aliphatic rings. The van der Waals surface area contributed by atoms with Gasteiger partial charge in [0.15, 0.2) is 0 Å². The molecular formula is C17H36N2O. The van der Waals surface area contributed by atoms with E-state index >= 15 is 0 Å². The Balaban J connectivity index is 2.52. The topological polar surface area (TPSA) is 24.5 Å². The summed E-state index contributed by atoms with van der Waals surface area (Å²) in [7, 11) is 2.21. The maximum atomic E-state index is 6.05. The zero-order valence-electron chi connectivity index (χ0n) is 14.2. The van der Waals surface area contributed by atoms with Crippen molar-refractivity contribution in [3.8, 4) is 0 Å². The van der Waals surface area contributed by atoms with Gasteiger partial charge in [-0.25, -0.2) is 0 Å². The summed E-state index contributed by atoms with van der Waals surface area (Å²) in [5, 5.41) is 3.75. The quantitative estimate of drug-likeness (QED) is 0.666. The Labute approximate surface area is 126 Å². The lowest BCUT2D eigenvalue weighted by Crippen LogP contribution is -2.52. The van der Waals surface area contributed by atoms with Gasteiger partial charge >= 0.3 is 0 Å². The Kier molecular flexibility index (Phi) is 9.49. The number of morpholine rings is 1. The standard InChI is InChI=1S/C17H36N2O/c1-5-8-9-15(7-3)13-16(18-10-6-2)17-14-19(4)11-12-20-17/h15-18H,5-14H2,1-4H3. The molecule has 0 spiro atoms. The van der Waals surface area contributed by atoms with E-state index in [0.29, 0.717) is 12.1 Å². The third-order valence-corrected chi connectivity index (χ3v) is 4.53. The van der Waals surface area contributed by atoms with E-state index in [-0.39, 0.29) is 0 Å². The first-order chi connectivity index (χ1) is 9.71. The minimum absolute atomic E-state index is 0.371. The molecule has 1 saturated heterocycles. The summed E-state index contributed by atoms with van der Waals surface area (Å²) in [6, 6.07) is 0.527. The number of rotatable bonds is 10. The smallest absolute Gasteiger partial charge is 0.0855 e. The molecular weight excluding hydrogens is 248 g/mol. The van der Waals surface area contributed by atoms with Crippen molar-refractivity contribution in [2.45, 2.75) is 71.4 Å². The monoisotopic (exact) mass is 284 g/mol. The first-order valence-electron chi connectivity index (χ1n) is 8.74. The third kappa shape index (κ3) is 6.55. The van der Waals surface area contributed by atoms with Crippen LogP contribution < -0.4 is 5.32 Å². The SMILES string of the molecule is CCCCC(CC)CC(NCCC)C1CN(C)CCO1. The minimum atomic E-state index is 0.371. The average molecular weight is 284 g/mol. The van der Waals surface area contributed by atoms with E-state index in [0.717, 1.165) is 32.2 Å². The first kappa shape index (κ1) is 17.9. The van der Waals surface area contributed by atoms with Crippen LogP contribution in [-0.2, 0) is 4.74 Å². The van der Waals surface area contributed by atoms with E-state index < -0.39 is 0 Å². The van der Waals surface area contributed by atoms with Crippen molar-refractivity contribution in [2.24, 2.45) is 5.92 Å². The zero-order valence-corrected chi connectivity index (χ0v) is 14.2. The van der Waals surface area contributed by atoms with E-state index in [2.05, 4.69) is 38.0 Å². The largest absolute Gasteiger partial charge is 0.374 e. The zero-order chi connectivity index (χ0) is 14.8. The van der Waals surface area contributed by atoms with Crippen molar-refractivity contribution in [3.05, 3.63) is 0 Å². The molecule has 1 heterocycles. The van der Waals surface area contributed by atoms with E-state index in [9.17, 15) is 0 Å². The first-order valence-corrected chi connectivity index (χ1v) is 8.74. The second-order valence-corrected chi connectivity index (χ2v) is 6.38. The summed E-state index contributed by atoms with van der Waals surface area (Å²) >= 11 is 0. The number of nitrogens with zero attached hydrogens (tertiary/aromatic N) is 1. The fourth-order valence-electron chi connectivity index (χ4n) is 3.09. The van der Waals surface area contributed by atoms with Gasteiger partial charge in [-0.05, 0) is 32.4 Å². The van der Waals surface area contributed by atoms with E-state index in [4.69, 9.17) is 4.74 Å². The summed E-state index contributed by atoms with van der Waals surface area (Å²) in [5.74, 6) is 0.847. The van der Waals surface area contributed by atoms with Crippen molar-refractivity contribution in [1.29, 1.82) is 0 Å². The lowest BCUT2D eigenvalue weighted by molar-refractivity contribution is -0.0427. The predicted octanol–water partition coefficient (Wildman–Crippen LogP) is 3.29. The molecule has 0 aliphatic carbocycles. The van der Waals surface area contributed by atoms with Crippen molar-refractivity contribution in [2.75, 3.05) is 33.3 Å². The van der Waals surface area contributed by atoms with Gasteiger partial charge in [0.1, 0.15) is 0 Å². The summed E-state index contributed by atoms with van der Waals surface area (Å²) in [6.45, 7) is 11.0. The van der Waals surface area contributed by atoms with Crippen molar-refractivity contribution in [1.82, 2.24) is 10.2 Å². The molecule has 0 aromatic heterocycles. The van der Waals surface area contributed by atoms with Gasteiger partial charge in [0.25, 0.3) is 0 Å². The molecule has 3 atom stereocenters. The Morgan fingerprint density at radius 3 is 2.65 bits per heavy atom. The van der Waals surface area contributed by atoms with Crippen molar-refractivity contribution >= 4 is 0 Å². The second-order valence-electron chi connectivity index (χ2n) is 6.38. The van der Waals surface area contributed by atoms with E-state index in [1.165, 1.54) is 38.5 Å². The Hall–Kier alpha value is -0.120. The Morgan fingerprint density at radius 1 is 1.25 bits per heavy atom. The van der Waals surface area contributed by atoms with Crippen LogP contribution in [0.15, 0.2) is 0 Å². The van der Waals surface area contributed by atoms with Gasteiger partial charge in [0, 0.05) is 19.1 Å². The van der Waals surface area contributed by atoms with Crippen LogP contribution in [0.4, 0.5) is 0 Å². The molecule has 3 nitrogen and oxygen atoms in total. The number of likely N-dealkylation sites (N-methyl/N-ethyl adjacent to an activating group) is 1. The lowest BCUT2D eigenvalue weighted by Gasteiger charge is -2.37. The van der Waals surface area contributed by atoms with Gasteiger partial charge in [-0.2, -0.15) is 0 Å². The van der Waals surface area contributed by atoms with Crippen LogP contribution in [0.25, 0.3) is 0 Å². The van der Waals surface area contributed by atoms with Crippen LogP contribution in [0.1, 0.15) is 59.3 Å². The Bertz CT molecular complexity index is 235. The maximum Gasteiger partial charge on any atom is 0.0855 e. The van der Waals surface area contributed by atoms with Gasteiger partial charge in [-0.3, -0.25) is 0 Å². The normalized spacial score (nSPS) is 23.7. The molecule has 20 heavy (non-hydrogen) atoms. The molecule has 120 valence electrons. The summed E-state index contributed by atoms with van der Waals surface area (Å²) in [6.07, 6.45) is 8.19. The Morgan fingerprint density at radius 2 is 2.05 bits per heavy atom. The van der Waals surface area contributed by atoms with Gasteiger partial charge in [-0.15, -0.1) is 0 Å². The highest BCUT2D eigenvalue weighted by molar-refractivity contribution is 4.84.